The van der Waals surface area contributed by atoms with Crippen LogP contribution in [0.2, 0.25) is 5.02 Å². The summed E-state index contributed by atoms with van der Waals surface area (Å²) in [4.78, 5) is 0. The fraction of sp³-hybridized carbons (Fsp3) is 0.500. The van der Waals surface area contributed by atoms with Gasteiger partial charge in [0, 0.05) is 6.04 Å². The second-order valence-corrected chi connectivity index (χ2v) is 4.48. The van der Waals surface area contributed by atoms with E-state index in [0.29, 0.717) is 17.9 Å². The molecule has 0 amide bonds. The Morgan fingerprint density at radius 2 is 2.19 bits per heavy atom. The monoisotopic (exact) mass is 244 g/mol. The molecule has 0 aliphatic rings. The van der Waals surface area contributed by atoms with Crippen LogP contribution in [-0.4, -0.2) is 6.04 Å². The Kier molecular flexibility index (Phi) is 5.19. The van der Waals surface area contributed by atoms with Crippen LogP contribution in [0.15, 0.2) is 18.2 Å². The number of halogens is 2. The van der Waals surface area contributed by atoms with Gasteiger partial charge in [-0.15, -0.1) is 0 Å². The Balaban J connectivity index is 2.82. The zero-order valence-corrected chi connectivity index (χ0v) is 10.4. The van der Waals surface area contributed by atoms with Gasteiger partial charge < -0.3 is 0 Å². The van der Waals surface area contributed by atoms with Crippen molar-refractivity contribution in [2.45, 2.75) is 32.7 Å². The lowest BCUT2D eigenvalue weighted by Crippen LogP contribution is -2.41. The molecule has 2 unspecified atom stereocenters. The third-order valence-corrected chi connectivity index (χ3v) is 3.31. The van der Waals surface area contributed by atoms with Crippen LogP contribution < -0.4 is 11.3 Å². The Morgan fingerprint density at radius 3 is 2.75 bits per heavy atom. The number of rotatable bonds is 5. The molecule has 1 aromatic carbocycles. The highest BCUT2D eigenvalue weighted by atomic mass is 35.5. The molecule has 90 valence electrons. The van der Waals surface area contributed by atoms with Gasteiger partial charge >= 0.3 is 0 Å². The van der Waals surface area contributed by atoms with E-state index >= 15 is 0 Å². The van der Waals surface area contributed by atoms with Gasteiger partial charge in [0.05, 0.1) is 5.02 Å². The molecule has 0 aliphatic carbocycles. The summed E-state index contributed by atoms with van der Waals surface area (Å²) in [6, 6.07) is 5.12. The molecule has 0 bridgehead atoms. The van der Waals surface area contributed by atoms with E-state index in [-0.39, 0.29) is 16.9 Å². The summed E-state index contributed by atoms with van der Waals surface area (Å²) >= 11 is 5.73. The van der Waals surface area contributed by atoms with Gasteiger partial charge in [0.15, 0.2) is 0 Å². The van der Waals surface area contributed by atoms with Gasteiger partial charge in [-0.05, 0) is 24.0 Å². The van der Waals surface area contributed by atoms with Crippen molar-refractivity contribution in [3.05, 3.63) is 34.6 Å². The molecule has 0 heterocycles. The van der Waals surface area contributed by atoms with Gasteiger partial charge in [-0.1, -0.05) is 44.0 Å². The lowest BCUT2D eigenvalue weighted by molar-refractivity contribution is 0.366. The minimum absolute atomic E-state index is 0.0676. The molecule has 1 rings (SSSR count). The van der Waals surface area contributed by atoms with Gasteiger partial charge in [-0.2, -0.15) is 0 Å². The number of hydrazine groups is 1. The lowest BCUT2D eigenvalue weighted by Gasteiger charge is -2.22. The largest absolute Gasteiger partial charge is 0.271 e. The highest BCUT2D eigenvalue weighted by Gasteiger charge is 2.17. The molecule has 1 aromatic rings. The number of benzene rings is 1. The highest BCUT2D eigenvalue weighted by Crippen LogP contribution is 2.21. The summed E-state index contributed by atoms with van der Waals surface area (Å²) in [7, 11) is 0. The maximum absolute atomic E-state index is 13.7. The van der Waals surface area contributed by atoms with Crippen LogP contribution in [0.25, 0.3) is 0 Å². The first-order chi connectivity index (χ1) is 7.60. The van der Waals surface area contributed by atoms with Crippen LogP contribution in [0.3, 0.4) is 0 Å². The van der Waals surface area contributed by atoms with Gasteiger partial charge in [0.2, 0.25) is 0 Å². The van der Waals surface area contributed by atoms with Crippen LogP contribution in [0.5, 0.6) is 0 Å². The summed E-state index contributed by atoms with van der Waals surface area (Å²) in [5.41, 5.74) is 3.35. The van der Waals surface area contributed by atoms with E-state index in [1.54, 1.807) is 18.2 Å². The predicted molar refractivity (Wildman–Crippen MR) is 65.7 cm³/mol. The van der Waals surface area contributed by atoms with Gasteiger partial charge in [0.1, 0.15) is 5.82 Å². The molecule has 0 spiro atoms. The third kappa shape index (κ3) is 3.17. The quantitative estimate of drug-likeness (QED) is 0.618. The normalized spacial score (nSPS) is 14.8. The second kappa shape index (κ2) is 6.18. The summed E-state index contributed by atoms with van der Waals surface area (Å²) in [6.07, 6.45) is 1.55. The van der Waals surface area contributed by atoms with E-state index in [4.69, 9.17) is 17.4 Å². The average molecular weight is 245 g/mol. The van der Waals surface area contributed by atoms with E-state index in [1.807, 2.05) is 0 Å². The first kappa shape index (κ1) is 13.4. The molecule has 0 radical (unpaired) electrons. The fourth-order valence-electron chi connectivity index (χ4n) is 1.65. The van der Waals surface area contributed by atoms with E-state index < -0.39 is 0 Å². The molecule has 4 heteroatoms. The SMILES string of the molecule is CCC(C)C(Cc1cccc(Cl)c1F)NN. The Bertz CT molecular complexity index is 344. The molecule has 16 heavy (non-hydrogen) atoms. The van der Waals surface area contributed by atoms with Crippen molar-refractivity contribution in [3.63, 3.8) is 0 Å². The first-order valence-electron chi connectivity index (χ1n) is 5.49. The summed E-state index contributed by atoms with van der Waals surface area (Å²) in [5, 5.41) is 0.164. The van der Waals surface area contributed by atoms with Crippen molar-refractivity contribution in [1.82, 2.24) is 5.43 Å². The predicted octanol–water partition coefficient (Wildman–Crippen LogP) is 2.90. The highest BCUT2D eigenvalue weighted by molar-refractivity contribution is 6.30. The zero-order chi connectivity index (χ0) is 12.1. The van der Waals surface area contributed by atoms with Crippen LogP contribution in [-0.2, 0) is 6.42 Å². The fourth-order valence-corrected chi connectivity index (χ4v) is 1.85. The lowest BCUT2D eigenvalue weighted by atomic mass is 9.93. The number of hydrogen-bond acceptors (Lipinski definition) is 2. The van der Waals surface area contributed by atoms with Crippen LogP contribution in [0, 0.1) is 11.7 Å². The smallest absolute Gasteiger partial charge is 0.145 e. The van der Waals surface area contributed by atoms with E-state index in [0.717, 1.165) is 6.42 Å². The average Bonchev–Trinajstić information content (AvgIpc) is 2.30. The maximum Gasteiger partial charge on any atom is 0.145 e. The number of nitrogens with one attached hydrogen (secondary N) is 1. The minimum Gasteiger partial charge on any atom is -0.271 e. The van der Waals surface area contributed by atoms with Crippen LogP contribution >= 0.6 is 11.6 Å². The Labute approximate surface area is 101 Å². The van der Waals surface area contributed by atoms with Crippen molar-refractivity contribution in [3.8, 4) is 0 Å². The molecule has 0 aliphatic heterocycles. The number of hydrogen-bond donors (Lipinski definition) is 2. The van der Waals surface area contributed by atoms with Crippen molar-refractivity contribution < 1.29 is 4.39 Å². The molecular formula is C12H18ClFN2. The van der Waals surface area contributed by atoms with E-state index in [2.05, 4.69) is 19.3 Å². The van der Waals surface area contributed by atoms with Crippen LogP contribution in [0.1, 0.15) is 25.8 Å². The molecule has 2 atom stereocenters. The van der Waals surface area contributed by atoms with Gasteiger partial charge in [-0.3, -0.25) is 11.3 Å². The molecule has 3 N–H and O–H groups in total. The standard InChI is InChI=1S/C12H18ClFN2/c1-3-8(2)11(16-15)7-9-5-4-6-10(13)12(9)14/h4-6,8,11,16H,3,7,15H2,1-2H3. The van der Waals surface area contributed by atoms with Crippen molar-refractivity contribution in [1.29, 1.82) is 0 Å². The third-order valence-electron chi connectivity index (χ3n) is 3.02. The zero-order valence-electron chi connectivity index (χ0n) is 9.63. The molecule has 0 fully saturated rings. The maximum atomic E-state index is 13.7. The summed E-state index contributed by atoms with van der Waals surface area (Å²) in [5.74, 6) is 5.53. The van der Waals surface area contributed by atoms with Crippen molar-refractivity contribution in [2.75, 3.05) is 0 Å². The van der Waals surface area contributed by atoms with E-state index in [1.165, 1.54) is 0 Å². The summed E-state index contributed by atoms with van der Waals surface area (Å²) < 4.78 is 13.7. The van der Waals surface area contributed by atoms with Crippen LogP contribution in [0.4, 0.5) is 4.39 Å². The number of nitrogens with two attached hydrogens (primary N) is 1. The van der Waals surface area contributed by atoms with E-state index in [9.17, 15) is 4.39 Å². The Morgan fingerprint density at radius 1 is 1.50 bits per heavy atom. The molecule has 2 nitrogen and oxygen atoms in total. The molecule has 0 aromatic heterocycles. The molecule has 0 saturated carbocycles. The van der Waals surface area contributed by atoms with Crippen molar-refractivity contribution in [2.24, 2.45) is 11.8 Å². The van der Waals surface area contributed by atoms with Crippen molar-refractivity contribution >= 4 is 11.6 Å². The topological polar surface area (TPSA) is 38.0 Å². The van der Waals surface area contributed by atoms with Gasteiger partial charge in [-0.25, -0.2) is 4.39 Å². The first-order valence-corrected chi connectivity index (χ1v) is 5.87. The van der Waals surface area contributed by atoms with Gasteiger partial charge in [0.25, 0.3) is 0 Å². The Hall–Kier alpha value is -0.640. The molecular weight excluding hydrogens is 227 g/mol. The summed E-state index contributed by atoms with van der Waals surface area (Å²) in [6.45, 7) is 4.18. The molecule has 0 saturated heterocycles. The minimum atomic E-state index is -0.340. The second-order valence-electron chi connectivity index (χ2n) is 4.08.